The Hall–Kier alpha value is -1.88. The van der Waals surface area contributed by atoms with Gasteiger partial charge in [-0.1, -0.05) is 18.2 Å². The van der Waals surface area contributed by atoms with E-state index in [4.69, 9.17) is 0 Å². The SMILES string of the molecule is c1cc2c(c(CNCCc3ncn[nH]3)c1)NCCC2. The Morgan fingerprint density at radius 3 is 3.21 bits per heavy atom. The molecule has 5 nitrogen and oxygen atoms in total. The van der Waals surface area contributed by atoms with E-state index in [-0.39, 0.29) is 0 Å². The van der Waals surface area contributed by atoms with Crippen LogP contribution in [-0.4, -0.2) is 28.3 Å². The number of hydrogen-bond acceptors (Lipinski definition) is 4. The average molecular weight is 257 g/mol. The van der Waals surface area contributed by atoms with Crippen LogP contribution < -0.4 is 10.6 Å². The monoisotopic (exact) mass is 257 g/mol. The zero-order valence-corrected chi connectivity index (χ0v) is 10.9. The Morgan fingerprint density at radius 2 is 2.32 bits per heavy atom. The van der Waals surface area contributed by atoms with Gasteiger partial charge in [-0.2, -0.15) is 5.10 Å². The Bertz CT molecular complexity index is 521. The minimum atomic E-state index is 0.877. The van der Waals surface area contributed by atoms with Crippen molar-refractivity contribution in [1.82, 2.24) is 20.5 Å². The van der Waals surface area contributed by atoms with Crippen molar-refractivity contribution >= 4 is 5.69 Å². The van der Waals surface area contributed by atoms with Crippen LogP contribution in [-0.2, 0) is 19.4 Å². The van der Waals surface area contributed by atoms with E-state index in [1.807, 2.05) is 0 Å². The van der Waals surface area contributed by atoms with Crippen molar-refractivity contribution in [2.75, 3.05) is 18.4 Å². The van der Waals surface area contributed by atoms with E-state index in [2.05, 4.69) is 44.0 Å². The van der Waals surface area contributed by atoms with Crippen molar-refractivity contribution in [1.29, 1.82) is 0 Å². The first-order valence-electron chi connectivity index (χ1n) is 6.83. The van der Waals surface area contributed by atoms with Gasteiger partial charge in [0.15, 0.2) is 0 Å². The minimum Gasteiger partial charge on any atom is -0.385 e. The first-order valence-corrected chi connectivity index (χ1v) is 6.83. The molecule has 0 radical (unpaired) electrons. The van der Waals surface area contributed by atoms with E-state index >= 15 is 0 Å². The molecular formula is C14H19N5. The molecule has 1 aromatic carbocycles. The van der Waals surface area contributed by atoms with Crippen LogP contribution in [0.5, 0.6) is 0 Å². The van der Waals surface area contributed by atoms with Crippen molar-refractivity contribution in [3.05, 3.63) is 41.5 Å². The fourth-order valence-corrected chi connectivity index (χ4v) is 2.51. The van der Waals surface area contributed by atoms with Gasteiger partial charge in [0.25, 0.3) is 0 Å². The summed E-state index contributed by atoms with van der Waals surface area (Å²) in [5.74, 6) is 0.931. The number of anilines is 1. The second-order valence-electron chi connectivity index (χ2n) is 4.84. The zero-order valence-electron chi connectivity index (χ0n) is 10.9. The molecule has 0 saturated heterocycles. The summed E-state index contributed by atoms with van der Waals surface area (Å²) in [5, 5.41) is 13.7. The standard InChI is InChI=1S/C14H19N5/c1-3-11-5-2-7-16-14(11)12(4-1)9-15-8-6-13-17-10-18-19-13/h1,3-4,10,15-16H,2,5-9H2,(H,17,18,19). The molecule has 0 unspecified atom stereocenters. The number of hydrogen-bond donors (Lipinski definition) is 3. The summed E-state index contributed by atoms with van der Waals surface area (Å²) >= 11 is 0. The van der Waals surface area contributed by atoms with Crippen LogP contribution in [0.25, 0.3) is 0 Å². The molecule has 2 heterocycles. The molecule has 100 valence electrons. The van der Waals surface area contributed by atoms with E-state index in [0.717, 1.165) is 31.9 Å². The van der Waals surface area contributed by atoms with Crippen molar-refractivity contribution in [3.8, 4) is 0 Å². The zero-order chi connectivity index (χ0) is 12.9. The fourth-order valence-electron chi connectivity index (χ4n) is 2.51. The number of fused-ring (bicyclic) bond motifs is 1. The molecule has 0 fully saturated rings. The third kappa shape index (κ3) is 2.93. The Balaban J connectivity index is 1.55. The molecule has 1 aliphatic rings. The van der Waals surface area contributed by atoms with Crippen molar-refractivity contribution in [2.45, 2.75) is 25.8 Å². The number of aryl methyl sites for hydroxylation is 1. The molecular weight excluding hydrogens is 238 g/mol. The molecule has 0 bridgehead atoms. The lowest BCUT2D eigenvalue weighted by atomic mass is 9.99. The van der Waals surface area contributed by atoms with Crippen molar-refractivity contribution in [3.63, 3.8) is 0 Å². The smallest absolute Gasteiger partial charge is 0.137 e. The minimum absolute atomic E-state index is 0.877. The maximum absolute atomic E-state index is 4.11. The fraction of sp³-hybridized carbons (Fsp3) is 0.429. The number of H-pyrrole nitrogens is 1. The summed E-state index contributed by atoms with van der Waals surface area (Å²) in [6, 6.07) is 6.57. The number of aromatic nitrogens is 3. The van der Waals surface area contributed by atoms with Crippen LogP contribution >= 0.6 is 0 Å². The summed E-state index contributed by atoms with van der Waals surface area (Å²) in [4.78, 5) is 4.11. The second kappa shape index (κ2) is 5.84. The van der Waals surface area contributed by atoms with Crippen LogP contribution in [0, 0.1) is 0 Å². The number of rotatable bonds is 5. The van der Waals surface area contributed by atoms with E-state index < -0.39 is 0 Å². The molecule has 2 aromatic rings. The molecule has 0 saturated carbocycles. The Morgan fingerprint density at radius 1 is 1.32 bits per heavy atom. The maximum atomic E-state index is 4.11. The van der Waals surface area contributed by atoms with Gasteiger partial charge in [-0.05, 0) is 24.0 Å². The van der Waals surface area contributed by atoms with Gasteiger partial charge in [-0.3, -0.25) is 5.10 Å². The highest BCUT2D eigenvalue weighted by molar-refractivity contribution is 5.59. The van der Waals surface area contributed by atoms with E-state index in [9.17, 15) is 0 Å². The van der Waals surface area contributed by atoms with Gasteiger partial charge >= 0.3 is 0 Å². The molecule has 0 aliphatic carbocycles. The topological polar surface area (TPSA) is 65.6 Å². The highest BCUT2D eigenvalue weighted by Gasteiger charge is 2.11. The summed E-state index contributed by atoms with van der Waals surface area (Å²) in [7, 11) is 0. The molecule has 3 rings (SSSR count). The van der Waals surface area contributed by atoms with Gasteiger partial charge in [0, 0.05) is 31.7 Å². The van der Waals surface area contributed by atoms with Gasteiger partial charge in [0.05, 0.1) is 0 Å². The van der Waals surface area contributed by atoms with E-state index in [0.29, 0.717) is 0 Å². The Kier molecular flexibility index (Phi) is 3.74. The number of para-hydroxylation sites is 1. The van der Waals surface area contributed by atoms with Gasteiger partial charge < -0.3 is 10.6 Å². The van der Waals surface area contributed by atoms with Crippen molar-refractivity contribution < 1.29 is 0 Å². The number of nitrogens with zero attached hydrogens (tertiary/aromatic N) is 2. The third-order valence-corrected chi connectivity index (χ3v) is 3.48. The van der Waals surface area contributed by atoms with Crippen LogP contribution in [0.1, 0.15) is 23.4 Å². The number of nitrogens with one attached hydrogen (secondary N) is 3. The predicted octanol–water partition coefficient (Wildman–Crippen LogP) is 1.50. The first-order chi connectivity index (χ1) is 9.43. The first kappa shape index (κ1) is 12.2. The molecule has 1 aliphatic heterocycles. The van der Waals surface area contributed by atoms with Crippen molar-refractivity contribution in [2.24, 2.45) is 0 Å². The van der Waals surface area contributed by atoms with E-state index in [1.165, 1.54) is 29.7 Å². The third-order valence-electron chi connectivity index (χ3n) is 3.48. The lowest BCUT2D eigenvalue weighted by Crippen LogP contribution is -2.20. The highest BCUT2D eigenvalue weighted by Crippen LogP contribution is 2.25. The quantitative estimate of drug-likeness (QED) is 0.710. The maximum Gasteiger partial charge on any atom is 0.137 e. The van der Waals surface area contributed by atoms with Gasteiger partial charge in [-0.15, -0.1) is 0 Å². The predicted molar refractivity (Wildman–Crippen MR) is 75.0 cm³/mol. The van der Waals surface area contributed by atoms with Crippen LogP contribution in [0.4, 0.5) is 5.69 Å². The molecule has 3 N–H and O–H groups in total. The summed E-state index contributed by atoms with van der Waals surface area (Å²) in [5.41, 5.74) is 4.14. The van der Waals surface area contributed by atoms with Crippen LogP contribution in [0.3, 0.4) is 0 Å². The highest BCUT2D eigenvalue weighted by atomic mass is 15.2. The lowest BCUT2D eigenvalue weighted by Gasteiger charge is -2.21. The van der Waals surface area contributed by atoms with Crippen LogP contribution in [0.2, 0.25) is 0 Å². The molecule has 5 heteroatoms. The molecule has 0 atom stereocenters. The summed E-state index contributed by atoms with van der Waals surface area (Å²) < 4.78 is 0. The van der Waals surface area contributed by atoms with Crippen LogP contribution in [0.15, 0.2) is 24.5 Å². The summed E-state index contributed by atoms with van der Waals surface area (Å²) in [6.45, 7) is 2.88. The van der Waals surface area contributed by atoms with Gasteiger partial charge in [0.2, 0.25) is 0 Å². The Labute approximate surface area is 112 Å². The molecule has 0 spiro atoms. The lowest BCUT2D eigenvalue weighted by molar-refractivity contribution is 0.670. The van der Waals surface area contributed by atoms with Gasteiger partial charge in [-0.25, -0.2) is 4.98 Å². The normalized spacial score (nSPS) is 13.9. The molecule has 19 heavy (non-hydrogen) atoms. The molecule has 1 aromatic heterocycles. The molecule has 0 amide bonds. The van der Waals surface area contributed by atoms with Gasteiger partial charge in [0.1, 0.15) is 12.2 Å². The average Bonchev–Trinajstić information content (AvgIpc) is 2.97. The summed E-state index contributed by atoms with van der Waals surface area (Å²) in [6.07, 6.45) is 4.85. The number of aromatic amines is 1. The largest absolute Gasteiger partial charge is 0.385 e. The van der Waals surface area contributed by atoms with E-state index in [1.54, 1.807) is 6.33 Å². The number of benzene rings is 1. The second-order valence-corrected chi connectivity index (χ2v) is 4.84.